The molecule has 2 fully saturated rings. The number of ether oxygens (including phenoxy) is 3. The molecule has 0 saturated carbocycles. The molecule has 0 spiro atoms. The molecule has 2 saturated heterocycles. The van der Waals surface area contributed by atoms with Gasteiger partial charge in [-0.15, -0.1) is 0 Å². The summed E-state index contributed by atoms with van der Waals surface area (Å²) in [4.78, 5) is 17.8. The van der Waals surface area contributed by atoms with Crippen LogP contribution >= 0.6 is 0 Å². The topological polar surface area (TPSA) is 72.4 Å². The summed E-state index contributed by atoms with van der Waals surface area (Å²) < 4.78 is 16.5. The summed E-state index contributed by atoms with van der Waals surface area (Å²) in [6.45, 7) is 4.35. The van der Waals surface area contributed by atoms with Gasteiger partial charge in [-0.25, -0.2) is 0 Å². The predicted molar refractivity (Wildman–Crippen MR) is 101 cm³/mol. The number of rotatable bonds is 8. The number of hydrogen-bond acceptors (Lipinski definition) is 5. The van der Waals surface area contributed by atoms with Crippen LogP contribution in [0.5, 0.6) is 0 Å². The van der Waals surface area contributed by atoms with Crippen LogP contribution in [0.15, 0.2) is 4.99 Å². The number of nitrogens with one attached hydrogen (secondary N) is 1. The van der Waals surface area contributed by atoms with Crippen LogP contribution in [-0.4, -0.2) is 76.0 Å². The van der Waals surface area contributed by atoms with E-state index >= 15 is 0 Å². The highest BCUT2D eigenvalue weighted by Gasteiger charge is 2.23. The largest absolute Gasteiger partial charge is 0.469 e. The monoisotopic (exact) mass is 369 g/mol. The van der Waals surface area contributed by atoms with E-state index in [9.17, 15) is 4.79 Å². The molecule has 2 rings (SSSR count). The summed E-state index contributed by atoms with van der Waals surface area (Å²) in [5.74, 6) is 0.798. The molecule has 2 aliphatic rings. The first-order valence-electron chi connectivity index (χ1n) is 9.98. The van der Waals surface area contributed by atoms with Gasteiger partial charge in [0, 0.05) is 39.7 Å². The Kier molecular flexibility index (Phi) is 9.77. The molecule has 0 aromatic rings. The minimum atomic E-state index is -0.143. The van der Waals surface area contributed by atoms with Crippen LogP contribution in [0.1, 0.15) is 51.4 Å². The second-order valence-electron chi connectivity index (χ2n) is 7.02. The van der Waals surface area contributed by atoms with Gasteiger partial charge in [-0.1, -0.05) is 0 Å². The Morgan fingerprint density at radius 3 is 2.69 bits per heavy atom. The van der Waals surface area contributed by atoms with Crippen molar-refractivity contribution >= 4 is 11.9 Å². The van der Waals surface area contributed by atoms with Crippen LogP contribution in [0.3, 0.4) is 0 Å². The number of hydrogen-bond donors (Lipinski definition) is 1. The van der Waals surface area contributed by atoms with Gasteiger partial charge in [0.05, 0.1) is 25.9 Å². The molecule has 1 atom stereocenters. The summed E-state index contributed by atoms with van der Waals surface area (Å²) in [5.41, 5.74) is 0. The second-order valence-corrected chi connectivity index (χ2v) is 7.02. The van der Waals surface area contributed by atoms with Crippen LogP contribution < -0.4 is 5.32 Å². The maximum atomic E-state index is 11.1. The van der Waals surface area contributed by atoms with Crippen molar-refractivity contribution in [1.82, 2.24) is 10.2 Å². The third-order valence-corrected chi connectivity index (χ3v) is 5.06. The van der Waals surface area contributed by atoms with E-state index in [2.05, 4.69) is 19.9 Å². The van der Waals surface area contributed by atoms with E-state index in [1.807, 2.05) is 7.05 Å². The third-order valence-electron chi connectivity index (χ3n) is 5.06. The number of guanidine groups is 1. The molecule has 0 amide bonds. The van der Waals surface area contributed by atoms with Crippen LogP contribution in [-0.2, 0) is 19.0 Å². The number of nitrogens with zero attached hydrogens (tertiary/aromatic N) is 2. The van der Waals surface area contributed by atoms with Gasteiger partial charge in [-0.05, 0) is 44.9 Å². The molecule has 0 bridgehead atoms. The molecule has 26 heavy (non-hydrogen) atoms. The fourth-order valence-corrected chi connectivity index (χ4v) is 3.45. The first-order chi connectivity index (χ1) is 12.7. The zero-order chi connectivity index (χ0) is 18.6. The molecule has 2 aliphatic heterocycles. The van der Waals surface area contributed by atoms with Gasteiger partial charge >= 0.3 is 5.97 Å². The molecule has 7 heteroatoms. The summed E-state index contributed by atoms with van der Waals surface area (Å²) in [6.07, 6.45) is 8.47. The lowest BCUT2D eigenvalue weighted by Gasteiger charge is -2.35. The number of esters is 1. The molecule has 0 radical (unpaired) electrons. The maximum absolute atomic E-state index is 11.1. The van der Waals surface area contributed by atoms with Crippen LogP contribution in [0, 0.1) is 0 Å². The fraction of sp³-hybridized carbons (Fsp3) is 0.895. The van der Waals surface area contributed by atoms with Crippen LogP contribution in [0.2, 0.25) is 0 Å². The first kappa shape index (κ1) is 21.0. The maximum Gasteiger partial charge on any atom is 0.305 e. The Bertz CT molecular complexity index is 431. The number of likely N-dealkylation sites (tertiary alicyclic amines) is 1. The van der Waals surface area contributed by atoms with Gasteiger partial charge in [0.1, 0.15) is 0 Å². The summed E-state index contributed by atoms with van der Waals surface area (Å²) in [7, 11) is 3.25. The van der Waals surface area contributed by atoms with E-state index in [0.29, 0.717) is 18.6 Å². The van der Waals surface area contributed by atoms with Crippen molar-refractivity contribution in [1.29, 1.82) is 0 Å². The SMILES string of the molecule is CN=C(NCCCCC(=O)OC)N1CCC(OCC2CCCCO2)CC1. The Balaban J connectivity index is 1.58. The van der Waals surface area contributed by atoms with Crippen molar-refractivity contribution in [2.75, 3.05) is 47.0 Å². The van der Waals surface area contributed by atoms with E-state index in [1.54, 1.807) is 0 Å². The molecular weight excluding hydrogens is 334 g/mol. The van der Waals surface area contributed by atoms with Crippen molar-refractivity contribution in [3.05, 3.63) is 0 Å². The van der Waals surface area contributed by atoms with Crippen LogP contribution in [0.25, 0.3) is 0 Å². The highest BCUT2D eigenvalue weighted by atomic mass is 16.5. The number of carbonyl (C=O) groups excluding carboxylic acids is 1. The van der Waals surface area contributed by atoms with Gasteiger partial charge in [-0.2, -0.15) is 0 Å². The molecule has 1 unspecified atom stereocenters. The number of methoxy groups -OCH3 is 1. The lowest BCUT2D eigenvalue weighted by molar-refractivity contribution is -0.140. The molecule has 0 aromatic carbocycles. The zero-order valence-corrected chi connectivity index (χ0v) is 16.4. The number of aliphatic imine (C=N–C) groups is 1. The van der Waals surface area contributed by atoms with Crippen molar-refractivity contribution in [2.45, 2.75) is 63.6 Å². The Morgan fingerprint density at radius 1 is 1.23 bits per heavy atom. The minimum Gasteiger partial charge on any atom is -0.469 e. The average Bonchev–Trinajstić information content (AvgIpc) is 2.70. The molecule has 7 nitrogen and oxygen atoms in total. The van der Waals surface area contributed by atoms with Gasteiger partial charge in [-0.3, -0.25) is 9.79 Å². The smallest absolute Gasteiger partial charge is 0.305 e. The third kappa shape index (κ3) is 7.50. The zero-order valence-electron chi connectivity index (χ0n) is 16.4. The van der Waals surface area contributed by atoms with Gasteiger partial charge in [0.25, 0.3) is 0 Å². The second kappa shape index (κ2) is 12.1. The molecule has 150 valence electrons. The highest BCUT2D eigenvalue weighted by Crippen LogP contribution is 2.17. The lowest BCUT2D eigenvalue weighted by atomic mass is 10.1. The van der Waals surface area contributed by atoms with Crippen molar-refractivity contribution in [2.24, 2.45) is 4.99 Å². The Hall–Kier alpha value is -1.34. The molecule has 0 aliphatic carbocycles. The summed E-state index contributed by atoms with van der Waals surface area (Å²) in [6, 6.07) is 0. The standard InChI is InChI=1S/C19H35N3O4/c1-20-19(21-11-5-3-8-18(23)24-2)22-12-9-16(10-13-22)26-15-17-7-4-6-14-25-17/h16-17H,3-15H2,1-2H3,(H,20,21). The van der Waals surface area contributed by atoms with Crippen molar-refractivity contribution in [3.63, 3.8) is 0 Å². The Labute approximate surface area is 157 Å². The Morgan fingerprint density at radius 2 is 2.04 bits per heavy atom. The quantitative estimate of drug-likeness (QED) is 0.305. The van der Waals surface area contributed by atoms with Crippen molar-refractivity contribution < 1.29 is 19.0 Å². The summed E-state index contributed by atoms with van der Waals surface area (Å²) in [5, 5.41) is 3.39. The van der Waals surface area contributed by atoms with Gasteiger partial charge < -0.3 is 24.4 Å². The molecule has 0 aromatic heterocycles. The van der Waals surface area contributed by atoms with Crippen LogP contribution in [0.4, 0.5) is 0 Å². The molecule has 2 heterocycles. The number of unbranched alkanes of at least 4 members (excludes halogenated alkanes) is 1. The summed E-state index contributed by atoms with van der Waals surface area (Å²) >= 11 is 0. The fourth-order valence-electron chi connectivity index (χ4n) is 3.45. The average molecular weight is 370 g/mol. The highest BCUT2D eigenvalue weighted by molar-refractivity contribution is 5.79. The van der Waals surface area contributed by atoms with Gasteiger partial charge in [0.2, 0.25) is 0 Å². The predicted octanol–water partition coefficient (Wildman–Crippen LogP) is 1.96. The number of piperidine rings is 1. The molecule has 1 N–H and O–H groups in total. The van der Waals surface area contributed by atoms with E-state index in [-0.39, 0.29) is 5.97 Å². The first-order valence-corrected chi connectivity index (χ1v) is 9.98. The van der Waals surface area contributed by atoms with E-state index in [4.69, 9.17) is 9.47 Å². The lowest BCUT2D eigenvalue weighted by Crippen LogP contribution is -2.47. The van der Waals surface area contributed by atoms with E-state index < -0.39 is 0 Å². The van der Waals surface area contributed by atoms with Crippen molar-refractivity contribution in [3.8, 4) is 0 Å². The molecular formula is C19H35N3O4. The minimum absolute atomic E-state index is 0.143. The van der Waals surface area contributed by atoms with E-state index in [0.717, 1.165) is 70.9 Å². The van der Waals surface area contributed by atoms with E-state index in [1.165, 1.54) is 20.0 Å². The normalized spacial score (nSPS) is 22.3. The number of carbonyl (C=O) groups is 1. The van der Waals surface area contributed by atoms with Gasteiger partial charge in [0.15, 0.2) is 5.96 Å².